The maximum absolute atomic E-state index is 10.2. The smallest absolute Gasteiger partial charge is 0.0802 e. The fourth-order valence-electron chi connectivity index (χ4n) is 2.45. The van der Waals surface area contributed by atoms with Crippen LogP contribution in [0.25, 0.3) is 0 Å². The first-order valence-corrected chi connectivity index (χ1v) is 6.84. The van der Waals surface area contributed by atoms with Crippen LogP contribution < -0.4 is 0 Å². The van der Waals surface area contributed by atoms with Gasteiger partial charge in [-0.2, -0.15) is 0 Å². The van der Waals surface area contributed by atoms with Crippen LogP contribution in [0.5, 0.6) is 0 Å². The Morgan fingerprint density at radius 3 is 2.16 bits per heavy atom. The van der Waals surface area contributed by atoms with Gasteiger partial charge >= 0.3 is 0 Å². The van der Waals surface area contributed by atoms with Crippen LogP contribution in [0.1, 0.15) is 43.1 Å². The number of aryl methyl sites for hydroxylation is 2. The third-order valence-electron chi connectivity index (χ3n) is 3.07. The van der Waals surface area contributed by atoms with Crippen LogP contribution in [0.4, 0.5) is 0 Å². The Labute approximate surface area is 116 Å². The largest absolute Gasteiger partial charge is 0.389 e. The molecule has 1 rings (SSSR count). The highest BCUT2D eigenvalue weighted by molar-refractivity contribution is 5.29. The fourth-order valence-corrected chi connectivity index (χ4v) is 2.45. The van der Waals surface area contributed by atoms with E-state index >= 15 is 0 Å². The van der Waals surface area contributed by atoms with Gasteiger partial charge in [0.25, 0.3) is 0 Å². The van der Waals surface area contributed by atoms with E-state index in [-0.39, 0.29) is 0 Å². The van der Waals surface area contributed by atoms with Crippen molar-refractivity contribution in [3.63, 3.8) is 0 Å². The zero-order chi connectivity index (χ0) is 14.6. The van der Waals surface area contributed by atoms with Crippen molar-refractivity contribution < 1.29 is 10.2 Å². The van der Waals surface area contributed by atoms with Crippen molar-refractivity contribution in [2.75, 3.05) is 20.1 Å². The summed E-state index contributed by atoms with van der Waals surface area (Å²) in [7, 11) is 1.96. The molecular weight excluding hydrogens is 238 g/mol. The van der Waals surface area contributed by atoms with E-state index in [1.165, 1.54) is 11.1 Å². The molecule has 2 N–H and O–H groups in total. The average Bonchev–Trinajstić information content (AvgIpc) is 2.22. The summed E-state index contributed by atoms with van der Waals surface area (Å²) < 4.78 is 0. The number of nitrogens with zero attached hydrogens (tertiary/aromatic N) is 1. The van der Waals surface area contributed by atoms with Crippen molar-refractivity contribution in [2.24, 2.45) is 0 Å². The van der Waals surface area contributed by atoms with Crippen LogP contribution in [0, 0.1) is 13.8 Å². The minimum absolute atomic E-state index is 0.442. The number of hydrogen-bond acceptors (Lipinski definition) is 3. The molecule has 0 fully saturated rings. The molecule has 3 heteroatoms. The number of aliphatic hydroxyl groups excluding tert-OH is 1. The molecule has 1 atom stereocenters. The molecule has 0 aliphatic carbocycles. The lowest BCUT2D eigenvalue weighted by molar-refractivity contribution is 0.0393. The average molecular weight is 265 g/mol. The first kappa shape index (κ1) is 16.2. The van der Waals surface area contributed by atoms with Gasteiger partial charge in [-0.25, -0.2) is 0 Å². The number of rotatable bonds is 6. The summed E-state index contributed by atoms with van der Waals surface area (Å²) in [6.45, 7) is 9.05. The lowest BCUT2D eigenvalue weighted by Crippen LogP contribution is -2.37. The molecule has 3 nitrogen and oxygen atoms in total. The van der Waals surface area contributed by atoms with Crippen molar-refractivity contribution in [2.45, 2.75) is 45.8 Å². The summed E-state index contributed by atoms with van der Waals surface area (Å²) in [6, 6.07) is 6.18. The molecule has 1 unspecified atom stereocenters. The second-order valence-electron chi connectivity index (χ2n) is 6.28. The number of likely N-dealkylation sites (N-methyl/N-ethyl adjacent to an activating group) is 1. The Balaban J connectivity index is 2.53. The second-order valence-corrected chi connectivity index (χ2v) is 6.28. The van der Waals surface area contributed by atoms with Gasteiger partial charge in [-0.1, -0.05) is 29.3 Å². The first-order valence-electron chi connectivity index (χ1n) is 6.84. The lowest BCUT2D eigenvalue weighted by atomic mass is 10.0. The van der Waals surface area contributed by atoms with Crippen LogP contribution in [-0.4, -0.2) is 40.9 Å². The molecule has 0 saturated heterocycles. The standard InChI is InChI=1S/C16H27NO2/c1-12-8-13(2)10-14(9-12)15(18)6-7-17(5)11-16(3,4)19/h8-10,15,18-19H,6-7,11H2,1-5H3. The van der Waals surface area contributed by atoms with Gasteiger partial charge in [0, 0.05) is 13.1 Å². The van der Waals surface area contributed by atoms with Crippen LogP contribution in [0.2, 0.25) is 0 Å². The van der Waals surface area contributed by atoms with E-state index in [4.69, 9.17) is 0 Å². The van der Waals surface area contributed by atoms with Crippen molar-refractivity contribution in [1.82, 2.24) is 4.90 Å². The molecule has 1 aromatic carbocycles. The van der Waals surface area contributed by atoms with Crippen LogP contribution >= 0.6 is 0 Å². The van der Waals surface area contributed by atoms with Crippen LogP contribution in [0.3, 0.4) is 0 Å². The summed E-state index contributed by atoms with van der Waals surface area (Å²) in [6.07, 6.45) is 0.234. The molecule has 0 aliphatic heterocycles. The Morgan fingerprint density at radius 2 is 1.68 bits per heavy atom. The Hall–Kier alpha value is -0.900. The third kappa shape index (κ3) is 6.19. The van der Waals surface area contributed by atoms with E-state index in [9.17, 15) is 10.2 Å². The van der Waals surface area contributed by atoms with Crippen molar-refractivity contribution >= 4 is 0 Å². The van der Waals surface area contributed by atoms with E-state index in [1.807, 2.05) is 37.9 Å². The number of benzene rings is 1. The Morgan fingerprint density at radius 1 is 1.16 bits per heavy atom. The monoisotopic (exact) mass is 265 g/mol. The molecule has 0 saturated carbocycles. The SMILES string of the molecule is Cc1cc(C)cc(C(O)CCN(C)CC(C)(C)O)c1. The predicted octanol–water partition coefficient (Wildman–Crippen LogP) is 2.43. The number of aliphatic hydroxyl groups is 2. The topological polar surface area (TPSA) is 43.7 Å². The van der Waals surface area contributed by atoms with E-state index in [0.717, 1.165) is 12.1 Å². The minimum atomic E-state index is -0.695. The molecule has 0 heterocycles. The summed E-state index contributed by atoms with van der Waals surface area (Å²) in [5.74, 6) is 0. The Bertz CT molecular complexity index is 389. The fraction of sp³-hybridized carbons (Fsp3) is 0.625. The van der Waals surface area contributed by atoms with Gasteiger partial charge in [0.05, 0.1) is 11.7 Å². The number of hydrogen-bond donors (Lipinski definition) is 2. The summed E-state index contributed by atoms with van der Waals surface area (Å²) >= 11 is 0. The van der Waals surface area contributed by atoms with Gasteiger partial charge in [-0.15, -0.1) is 0 Å². The van der Waals surface area contributed by atoms with Gasteiger partial charge in [0.15, 0.2) is 0 Å². The molecule has 0 aliphatic rings. The highest BCUT2D eigenvalue weighted by Gasteiger charge is 2.16. The van der Waals surface area contributed by atoms with Crippen LogP contribution in [-0.2, 0) is 0 Å². The molecule has 108 valence electrons. The van der Waals surface area contributed by atoms with Gasteiger partial charge < -0.3 is 15.1 Å². The zero-order valence-corrected chi connectivity index (χ0v) is 12.8. The van der Waals surface area contributed by atoms with E-state index < -0.39 is 11.7 Å². The van der Waals surface area contributed by atoms with Crippen molar-refractivity contribution in [3.8, 4) is 0 Å². The van der Waals surface area contributed by atoms with Gasteiger partial charge in [0.2, 0.25) is 0 Å². The van der Waals surface area contributed by atoms with E-state index in [1.54, 1.807) is 13.8 Å². The molecule has 0 spiro atoms. The molecule has 0 bridgehead atoms. The maximum atomic E-state index is 10.2. The quantitative estimate of drug-likeness (QED) is 0.830. The first-order chi connectivity index (χ1) is 8.67. The highest BCUT2D eigenvalue weighted by atomic mass is 16.3. The summed E-state index contributed by atoms with van der Waals surface area (Å²) in [5, 5.41) is 20.0. The molecule has 0 radical (unpaired) electrons. The maximum Gasteiger partial charge on any atom is 0.0802 e. The third-order valence-corrected chi connectivity index (χ3v) is 3.07. The molecule has 19 heavy (non-hydrogen) atoms. The second kappa shape index (κ2) is 6.51. The van der Waals surface area contributed by atoms with Gasteiger partial charge in [-0.05, 0) is 46.7 Å². The van der Waals surface area contributed by atoms with Crippen molar-refractivity contribution in [3.05, 3.63) is 34.9 Å². The molecule has 0 aromatic heterocycles. The minimum Gasteiger partial charge on any atom is -0.389 e. The molecular formula is C16H27NO2. The molecule has 0 amide bonds. The van der Waals surface area contributed by atoms with E-state index in [0.29, 0.717) is 13.0 Å². The van der Waals surface area contributed by atoms with E-state index in [2.05, 4.69) is 6.07 Å². The molecule has 1 aromatic rings. The zero-order valence-electron chi connectivity index (χ0n) is 12.8. The van der Waals surface area contributed by atoms with Gasteiger partial charge in [-0.3, -0.25) is 0 Å². The summed E-state index contributed by atoms with van der Waals surface area (Å²) in [5.41, 5.74) is 2.64. The van der Waals surface area contributed by atoms with Crippen molar-refractivity contribution in [1.29, 1.82) is 0 Å². The predicted molar refractivity (Wildman–Crippen MR) is 79.3 cm³/mol. The summed E-state index contributed by atoms with van der Waals surface area (Å²) in [4.78, 5) is 2.05. The normalized spacial score (nSPS) is 13.9. The van der Waals surface area contributed by atoms with Gasteiger partial charge in [0.1, 0.15) is 0 Å². The lowest BCUT2D eigenvalue weighted by Gasteiger charge is -2.26. The highest BCUT2D eigenvalue weighted by Crippen LogP contribution is 2.20. The van der Waals surface area contributed by atoms with Crippen LogP contribution in [0.15, 0.2) is 18.2 Å². The Kier molecular flexibility index (Phi) is 5.53.